The molecule has 1 aliphatic rings. The van der Waals surface area contributed by atoms with Crippen LogP contribution in [0.15, 0.2) is 36.5 Å². The highest BCUT2D eigenvalue weighted by atomic mass is 19.1. The van der Waals surface area contributed by atoms with E-state index >= 15 is 0 Å². The second kappa shape index (κ2) is 7.37. The van der Waals surface area contributed by atoms with Crippen LogP contribution in [0.1, 0.15) is 17.9 Å². The lowest BCUT2D eigenvalue weighted by Crippen LogP contribution is -2.27. The fourth-order valence-electron chi connectivity index (χ4n) is 2.94. The Morgan fingerprint density at radius 2 is 2.17 bits per heavy atom. The standard InChI is InChI=1S/C17H21FN4O/c1-23-16-15(18)11-20-17(21-16)19-8-10-22-9-7-14(12-22)13-5-3-2-4-6-13/h2-6,11,14H,7-10,12H2,1H3,(H,19,20,21). The van der Waals surface area contributed by atoms with Crippen LogP contribution >= 0.6 is 0 Å². The van der Waals surface area contributed by atoms with E-state index in [-0.39, 0.29) is 5.88 Å². The predicted octanol–water partition coefficient (Wildman–Crippen LogP) is 2.53. The highest BCUT2D eigenvalue weighted by molar-refractivity contribution is 5.28. The normalized spacial score (nSPS) is 18.1. The van der Waals surface area contributed by atoms with Gasteiger partial charge in [-0.1, -0.05) is 30.3 Å². The van der Waals surface area contributed by atoms with Crippen LogP contribution in [-0.4, -0.2) is 48.2 Å². The van der Waals surface area contributed by atoms with Crippen molar-refractivity contribution in [1.29, 1.82) is 0 Å². The summed E-state index contributed by atoms with van der Waals surface area (Å²) in [5, 5.41) is 3.12. The summed E-state index contributed by atoms with van der Waals surface area (Å²) >= 11 is 0. The molecule has 1 fully saturated rings. The first kappa shape index (κ1) is 15.7. The van der Waals surface area contributed by atoms with Crippen LogP contribution in [0.5, 0.6) is 5.88 Å². The van der Waals surface area contributed by atoms with Gasteiger partial charge in [0.15, 0.2) is 0 Å². The molecule has 1 unspecified atom stereocenters. The minimum absolute atomic E-state index is 0.0344. The molecule has 5 nitrogen and oxygen atoms in total. The van der Waals surface area contributed by atoms with Crippen LogP contribution < -0.4 is 10.1 Å². The van der Waals surface area contributed by atoms with Crippen LogP contribution in [0.2, 0.25) is 0 Å². The number of nitrogens with zero attached hydrogens (tertiary/aromatic N) is 3. The number of hydrogen-bond donors (Lipinski definition) is 1. The molecule has 1 atom stereocenters. The molecule has 0 saturated carbocycles. The van der Waals surface area contributed by atoms with Gasteiger partial charge in [-0.05, 0) is 24.4 Å². The van der Waals surface area contributed by atoms with Crippen LogP contribution in [0.25, 0.3) is 0 Å². The van der Waals surface area contributed by atoms with E-state index in [0.29, 0.717) is 11.9 Å². The Labute approximate surface area is 135 Å². The number of halogens is 1. The molecule has 6 heteroatoms. The average molecular weight is 316 g/mol. The lowest BCUT2D eigenvalue weighted by molar-refractivity contribution is 0.347. The van der Waals surface area contributed by atoms with Crippen molar-refractivity contribution < 1.29 is 9.13 Å². The van der Waals surface area contributed by atoms with Crippen molar-refractivity contribution in [3.8, 4) is 5.88 Å². The fraction of sp³-hybridized carbons (Fsp3) is 0.412. The molecule has 0 radical (unpaired) electrons. The van der Waals surface area contributed by atoms with Gasteiger partial charge in [-0.15, -0.1) is 0 Å². The van der Waals surface area contributed by atoms with E-state index in [2.05, 4.69) is 50.5 Å². The summed E-state index contributed by atoms with van der Waals surface area (Å²) in [6, 6.07) is 10.6. The lowest BCUT2D eigenvalue weighted by atomic mass is 9.99. The Morgan fingerprint density at radius 3 is 2.96 bits per heavy atom. The van der Waals surface area contributed by atoms with Crippen molar-refractivity contribution in [2.75, 3.05) is 38.6 Å². The third-order valence-electron chi connectivity index (χ3n) is 4.16. The van der Waals surface area contributed by atoms with Gasteiger partial charge in [0.1, 0.15) is 0 Å². The molecule has 3 rings (SSSR count). The molecule has 1 aromatic carbocycles. The Morgan fingerprint density at radius 1 is 1.35 bits per heavy atom. The summed E-state index contributed by atoms with van der Waals surface area (Å²) < 4.78 is 18.1. The molecule has 23 heavy (non-hydrogen) atoms. The minimum atomic E-state index is -0.553. The summed E-state index contributed by atoms with van der Waals surface area (Å²) in [4.78, 5) is 10.3. The van der Waals surface area contributed by atoms with E-state index in [1.165, 1.54) is 19.1 Å². The number of ether oxygens (including phenoxy) is 1. The maximum Gasteiger partial charge on any atom is 0.255 e. The summed E-state index contributed by atoms with van der Waals surface area (Å²) in [6.07, 6.45) is 2.31. The second-order valence-corrected chi connectivity index (χ2v) is 5.67. The molecule has 2 aromatic rings. The first-order valence-corrected chi connectivity index (χ1v) is 7.84. The number of anilines is 1. The smallest absolute Gasteiger partial charge is 0.255 e. The van der Waals surface area contributed by atoms with Gasteiger partial charge < -0.3 is 15.0 Å². The molecule has 0 spiro atoms. The molecule has 0 bridgehead atoms. The number of methoxy groups -OCH3 is 1. The van der Waals surface area contributed by atoms with E-state index in [0.717, 1.165) is 32.4 Å². The zero-order valence-electron chi connectivity index (χ0n) is 13.2. The summed E-state index contributed by atoms with van der Waals surface area (Å²) in [6.45, 7) is 3.79. The topological polar surface area (TPSA) is 50.3 Å². The largest absolute Gasteiger partial charge is 0.479 e. The van der Waals surface area contributed by atoms with Gasteiger partial charge in [-0.25, -0.2) is 4.98 Å². The number of hydrogen-bond acceptors (Lipinski definition) is 5. The van der Waals surface area contributed by atoms with Gasteiger partial charge in [0.2, 0.25) is 11.8 Å². The maximum absolute atomic E-state index is 13.3. The van der Waals surface area contributed by atoms with E-state index < -0.39 is 5.82 Å². The Bertz CT molecular complexity index is 638. The van der Waals surface area contributed by atoms with E-state index in [4.69, 9.17) is 4.74 Å². The third kappa shape index (κ3) is 3.96. The molecule has 2 heterocycles. The zero-order valence-corrected chi connectivity index (χ0v) is 13.2. The molecular weight excluding hydrogens is 295 g/mol. The molecule has 1 N–H and O–H groups in total. The number of aromatic nitrogens is 2. The van der Waals surface area contributed by atoms with Gasteiger partial charge in [0.05, 0.1) is 13.3 Å². The molecule has 0 amide bonds. The molecule has 0 aliphatic carbocycles. The van der Waals surface area contributed by atoms with E-state index in [1.54, 1.807) is 0 Å². The quantitative estimate of drug-likeness (QED) is 0.887. The van der Waals surface area contributed by atoms with Crippen molar-refractivity contribution >= 4 is 5.95 Å². The Kier molecular flexibility index (Phi) is 5.02. The SMILES string of the molecule is COc1nc(NCCN2CCC(c3ccccc3)C2)ncc1F. The zero-order chi connectivity index (χ0) is 16.1. The molecular formula is C17H21FN4O. The first-order chi connectivity index (χ1) is 11.3. The van der Waals surface area contributed by atoms with E-state index in [1.807, 2.05) is 0 Å². The van der Waals surface area contributed by atoms with Gasteiger partial charge >= 0.3 is 0 Å². The van der Waals surface area contributed by atoms with Crippen molar-refractivity contribution in [3.05, 3.63) is 47.9 Å². The second-order valence-electron chi connectivity index (χ2n) is 5.67. The van der Waals surface area contributed by atoms with Crippen molar-refractivity contribution in [1.82, 2.24) is 14.9 Å². The van der Waals surface area contributed by atoms with Crippen molar-refractivity contribution in [2.24, 2.45) is 0 Å². The summed E-state index contributed by atoms with van der Waals surface area (Å²) in [7, 11) is 1.39. The average Bonchev–Trinajstić information content (AvgIpc) is 3.06. The van der Waals surface area contributed by atoms with Gasteiger partial charge in [0, 0.05) is 19.6 Å². The number of nitrogens with one attached hydrogen (secondary N) is 1. The lowest BCUT2D eigenvalue weighted by Gasteiger charge is -2.16. The molecule has 1 saturated heterocycles. The minimum Gasteiger partial charge on any atom is -0.479 e. The summed E-state index contributed by atoms with van der Waals surface area (Å²) in [5.41, 5.74) is 1.41. The number of benzene rings is 1. The Balaban J connectivity index is 1.47. The van der Waals surface area contributed by atoms with Crippen LogP contribution in [0.3, 0.4) is 0 Å². The van der Waals surface area contributed by atoms with Crippen LogP contribution in [0, 0.1) is 5.82 Å². The highest BCUT2D eigenvalue weighted by Crippen LogP contribution is 2.26. The highest BCUT2D eigenvalue weighted by Gasteiger charge is 2.23. The molecule has 1 aliphatic heterocycles. The molecule has 122 valence electrons. The van der Waals surface area contributed by atoms with Crippen LogP contribution in [0.4, 0.5) is 10.3 Å². The van der Waals surface area contributed by atoms with Gasteiger partial charge in [-0.2, -0.15) is 9.37 Å². The number of likely N-dealkylation sites (tertiary alicyclic amines) is 1. The third-order valence-corrected chi connectivity index (χ3v) is 4.16. The predicted molar refractivity (Wildman–Crippen MR) is 87.3 cm³/mol. The van der Waals surface area contributed by atoms with Crippen molar-refractivity contribution in [3.63, 3.8) is 0 Å². The molecule has 1 aromatic heterocycles. The van der Waals surface area contributed by atoms with E-state index in [9.17, 15) is 4.39 Å². The maximum atomic E-state index is 13.3. The van der Waals surface area contributed by atoms with Crippen LogP contribution in [-0.2, 0) is 0 Å². The van der Waals surface area contributed by atoms with Gasteiger partial charge in [0.25, 0.3) is 5.88 Å². The fourth-order valence-corrected chi connectivity index (χ4v) is 2.94. The summed E-state index contributed by atoms with van der Waals surface area (Å²) in [5.74, 6) is 0.413. The van der Waals surface area contributed by atoms with Crippen molar-refractivity contribution in [2.45, 2.75) is 12.3 Å². The monoisotopic (exact) mass is 316 g/mol. The number of rotatable bonds is 6. The van der Waals surface area contributed by atoms with Gasteiger partial charge in [-0.3, -0.25) is 0 Å². The first-order valence-electron chi connectivity index (χ1n) is 7.84. The Hall–Kier alpha value is -2.21.